The topological polar surface area (TPSA) is 58.2 Å². The number of aryl methyl sites for hydroxylation is 2. The third-order valence-electron chi connectivity index (χ3n) is 4.59. The SMILES string of the molecule is CCOc1cc(C(=O)N2CCC[C@H](c3cc(C)[nH]n3)C2)ccc1C. The molecule has 5 heteroatoms. The first-order valence-electron chi connectivity index (χ1n) is 8.63. The van der Waals surface area contributed by atoms with Crippen LogP contribution in [0.15, 0.2) is 24.3 Å². The molecule has 0 bridgehead atoms. The summed E-state index contributed by atoms with van der Waals surface area (Å²) < 4.78 is 5.62. The van der Waals surface area contributed by atoms with Gasteiger partial charge in [-0.2, -0.15) is 5.10 Å². The van der Waals surface area contributed by atoms with Crippen molar-refractivity contribution in [2.45, 2.75) is 39.5 Å². The number of carbonyl (C=O) groups excluding carboxylic acids is 1. The number of hydrogen-bond donors (Lipinski definition) is 1. The van der Waals surface area contributed by atoms with Crippen molar-refractivity contribution in [3.63, 3.8) is 0 Å². The number of likely N-dealkylation sites (tertiary alicyclic amines) is 1. The van der Waals surface area contributed by atoms with Crippen LogP contribution < -0.4 is 4.74 Å². The molecular formula is C19H25N3O2. The molecule has 1 aliphatic heterocycles. The van der Waals surface area contributed by atoms with Gasteiger partial charge in [-0.25, -0.2) is 0 Å². The van der Waals surface area contributed by atoms with E-state index in [4.69, 9.17) is 4.74 Å². The molecule has 1 saturated heterocycles. The normalized spacial score (nSPS) is 17.8. The molecule has 0 aliphatic carbocycles. The first-order chi connectivity index (χ1) is 11.6. The molecule has 1 amide bonds. The second-order valence-corrected chi connectivity index (χ2v) is 6.48. The summed E-state index contributed by atoms with van der Waals surface area (Å²) in [5.41, 5.74) is 3.87. The number of nitrogens with one attached hydrogen (secondary N) is 1. The summed E-state index contributed by atoms with van der Waals surface area (Å²) in [6.07, 6.45) is 2.08. The summed E-state index contributed by atoms with van der Waals surface area (Å²) >= 11 is 0. The predicted molar refractivity (Wildman–Crippen MR) is 93.6 cm³/mol. The van der Waals surface area contributed by atoms with E-state index in [9.17, 15) is 4.79 Å². The largest absolute Gasteiger partial charge is 0.494 e. The van der Waals surface area contributed by atoms with Crippen molar-refractivity contribution < 1.29 is 9.53 Å². The maximum absolute atomic E-state index is 12.9. The van der Waals surface area contributed by atoms with Crippen LogP contribution >= 0.6 is 0 Å². The molecule has 1 aromatic carbocycles. The molecule has 0 saturated carbocycles. The Morgan fingerprint density at radius 2 is 2.21 bits per heavy atom. The van der Waals surface area contributed by atoms with E-state index in [1.54, 1.807) is 0 Å². The molecule has 24 heavy (non-hydrogen) atoms. The van der Waals surface area contributed by atoms with Gasteiger partial charge in [0.25, 0.3) is 5.91 Å². The van der Waals surface area contributed by atoms with Crippen LogP contribution in [-0.2, 0) is 0 Å². The fraction of sp³-hybridized carbons (Fsp3) is 0.474. The third kappa shape index (κ3) is 3.45. The number of amides is 1. The Kier molecular flexibility index (Phi) is 4.88. The summed E-state index contributed by atoms with van der Waals surface area (Å²) in [6.45, 7) is 8.08. The van der Waals surface area contributed by atoms with Gasteiger partial charge in [0.15, 0.2) is 0 Å². The zero-order valence-electron chi connectivity index (χ0n) is 14.6. The molecule has 1 aromatic heterocycles. The second-order valence-electron chi connectivity index (χ2n) is 6.48. The van der Waals surface area contributed by atoms with E-state index in [-0.39, 0.29) is 5.91 Å². The summed E-state index contributed by atoms with van der Waals surface area (Å²) in [6, 6.07) is 7.79. The van der Waals surface area contributed by atoms with Crippen molar-refractivity contribution in [3.05, 3.63) is 46.8 Å². The minimum atomic E-state index is 0.0768. The van der Waals surface area contributed by atoms with Gasteiger partial charge in [0, 0.05) is 30.3 Å². The van der Waals surface area contributed by atoms with Crippen molar-refractivity contribution in [2.75, 3.05) is 19.7 Å². The predicted octanol–water partition coefficient (Wildman–Crippen LogP) is 3.45. The number of piperidine rings is 1. The van der Waals surface area contributed by atoms with Crippen LogP contribution in [0.3, 0.4) is 0 Å². The van der Waals surface area contributed by atoms with Crippen molar-refractivity contribution in [1.82, 2.24) is 15.1 Å². The van der Waals surface area contributed by atoms with Crippen molar-refractivity contribution >= 4 is 5.91 Å². The fourth-order valence-corrected chi connectivity index (χ4v) is 3.28. The molecular weight excluding hydrogens is 302 g/mol. The summed E-state index contributed by atoms with van der Waals surface area (Å²) in [7, 11) is 0. The monoisotopic (exact) mass is 327 g/mol. The van der Waals surface area contributed by atoms with Gasteiger partial charge in [-0.15, -0.1) is 0 Å². The molecule has 1 aliphatic rings. The lowest BCUT2D eigenvalue weighted by atomic mass is 9.94. The van der Waals surface area contributed by atoms with Gasteiger partial charge >= 0.3 is 0 Å². The molecule has 2 aromatic rings. The molecule has 2 heterocycles. The Bertz CT molecular complexity index is 723. The number of H-pyrrole nitrogens is 1. The van der Waals surface area contributed by atoms with Gasteiger partial charge in [0.05, 0.1) is 12.3 Å². The highest BCUT2D eigenvalue weighted by atomic mass is 16.5. The number of rotatable bonds is 4. The number of hydrogen-bond acceptors (Lipinski definition) is 3. The van der Waals surface area contributed by atoms with Gasteiger partial charge in [0.1, 0.15) is 5.75 Å². The van der Waals surface area contributed by atoms with Crippen LogP contribution in [-0.4, -0.2) is 40.7 Å². The van der Waals surface area contributed by atoms with E-state index in [0.29, 0.717) is 18.1 Å². The Morgan fingerprint density at radius 1 is 1.38 bits per heavy atom. The number of aromatic amines is 1. The third-order valence-corrected chi connectivity index (χ3v) is 4.59. The van der Waals surface area contributed by atoms with E-state index in [1.807, 2.05) is 43.9 Å². The lowest BCUT2D eigenvalue weighted by Crippen LogP contribution is -2.39. The molecule has 5 nitrogen and oxygen atoms in total. The zero-order chi connectivity index (χ0) is 17.1. The lowest BCUT2D eigenvalue weighted by Gasteiger charge is -2.32. The van der Waals surface area contributed by atoms with Crippen molar-refractivity contribution in [3.8, 4) is 5.75 Å². The highest BCUT2D eigenvalue weighted by Crippen LogP contribution is 2.28. The Labute approximate surface area is 143 Å². The summed E-state index contributed by atoms with van der Waals surface area (Å²) in [5.74, 6) is 1.18. The molecule has 1 N–H and O–H groups in total. The average Bonchev–Trinajstić information content (AvgIpc) is 3.03. The number of aromatic nitrogens is 2. The van der Waals surface area contributed by atoms with Crippen molar-refractivity contribution in [2.24, 2.45) is 0 Å². The number of carbonyl (C=O) groups is 1. The van der Waals surface area contributed by atoms with Gasteiger partial charge in [-0.05, 0) is 57.4 Å². The number of ether oxygens (including phenoxy) is 1. The van der Waals surface area contributed by atoms with Gasteiger partial charge in [-0.3, -0.25) is 9.89 Å². The van der Waals surface area contributed by atoms with Gasteiger partial charge in [-0.1, -0.05) is 6.07 Å². The zero-order valence-corrected chi connectivity index (χ0v) is 14.6. The first-order valence-corrected chi connectivity index (χ1v) is 8.63. The summed E-state index contributed by atoms with van der Waals surface area (Å²) in [4.78, 5) is 14.8. The van der Waals surface area contributed by atoms with Crippen LogP contribution in [0, 0.1) is 13.8 Å². The first kappa shape index (κ1) is 16.6. The molecule has 0 unspecified atom stereocenters. The minimum Gasteiger partial charge on any atom is -0.494 e. The molecule has 0 radical (unpaired) electrons. The molecule has 0 spiro atoms. The number of benzene rings is 1. The molecule has 3 rings (SSSR count). The van der Waals surface area contributed by atoms with Gasteiger partial charge in [0.2, 0.25) is 0 Å². The highest BCUT2D eigenvalue weighted by molar-refractivity contribution is 5.94. The quantitative estimate of drug-likeness (QED) is 0.936. The Hall–Kier alpha value is -2.30. The maximum atomic E-state index is 12.9. The molecule has 128 valence electrons. The van der Waals surface area contributed by atoms with E-state index < -0.39 is 0 Å². The minimum absolute atomic E-state index is 0.0768. The van der Waals surface area contributed by atoms with Crippen molar-refractivity contribution in [1.29, 1.82) is 0 Å². The van der Waals surface area contributed by atoms with E-state index in [2.05, 4.69) is 16.3 Å². The lowest BCUT2D eigenvalue weighted by molar-refractivity contribution is 0.0705. The number of nitrogens with zero attached hydrogens (tertiary/aromatic N) is 2. The van der Waals surface area contributed by atoms with E-state index >= 15 is 0 Å². The molecule has 1 atom stereocenters. The summed E-state index contributed by atoms with van der Waals surface area (Å²) in [5, 5.41) is 7.37. The van der Waals surface area contributed by atoms with Gasteiger partial charge < -0.3 is 9.64 Å². The Morgan fingerprint density at radius 3 is 2.92 bits per heavy atom. The van der Waals surface area contributed by atoms with Crippen LogP contribution in [0.4, 0.5) is 0 Å². The maximum Gasteiger partial charge on any atom is 0.254 e. The molecule has 1 fully saturated rings. The van der Waals surface area contributed by atoms with Crippen LogP contribution in [0.2, 0.25) is 0 Å². The Balaban J connectivity index is 1.76. The average molecular weight is 327 g/mol. The van der Waals surface area contributed by atoms with Crippen LogP contribution in [0.25, 0.3) is 0 Å². The van der Waals surface area contributed by atoms with Crippen LogP contribution in [0.5, 0.6) is 5.75 Å². The second kappa shape index (κ2) is 7.07. The standard InChI is InChI=1S/C19H25N3O2/c1-4-24-18-11-15(8-7-13(18)2)19(23)22-9-5-6-16(12-22)17-10-14(3)20-21-17/h7-8,10-11,16H,4-6,9,12H2,1-3H3,(H,20,21)/t16-/m0/s1. The highest BCUT2D eigenvalue weighted by Gasteiger charge is 2.27. The van der Waals surface area contributed by atoms with E-state index in [0.717, 1.165) is 48.6 Å². The smallest absolute Gasteiger partial charge is 0.254 e. The fourth-order valence-electron chi connectivity index (χ4n) is 3.28. The van der Waals surface area contributed by atoms with E-state index in [1.165, 1.54) is 0 Å². The van der Waals surface area contributed by atoms with Crippen LogP contribution in [0.1, 0.15) is 53.0 Å².